The topological polar surface area (TPSA) is 103 Å². The lowest BCUT2D eigenvalue weighted by Crippen LogP contribution is -2.29. The van der Waals surface area contributed by atoms with Crippen LogP contribution in [0.2, 0.25) is 5.02 Å². The predicted molar refractivity (Wildman–Crippen MR) is 112 cm³/mol. The molecule has 2 aromatic rings. The molecule has 1 aromatic heterocycles. The zero-order valence-electron chi connectivity index (χ0n) is 16.7. The minimum absolute atomic E-state index is 0.228. The lowest BCUT2D eigenvalue weighted by Gasteiger charge is -2.10. The number of primary amides is 1. The average molecular weight is 420 g/mol. The third kappa shape index (κ3) is 6.64. The van der Waals surface area contributed by atoms with E-state index in [0.29, 0.717) is 23.6 Å². The molecule has 2 rings (SSSR count). The van der Waals surface area contributed by atoms with Crippen LogP contribution in [0.15, 0.2) is 30.3 Å². The van der Waals surface area contributed by atoms with Crippen LogP contribution in [0.4, 0.5) is 4.79 Å². The van der Waals surface area contributed by atoms with Crippen molar-refractivity contribution >= 4 is 29.4 Å². The number of aryl methyl sites for hydroxylation is 1. The Morgan fingerprint density at radius 1 is 1.14 bits per heavy atom. The zero-order valence-corrected chi connectivity index (χ0v) is 17.4. The van der Waals surface area contributed by atoms with Gasteiger partial charge >= 0.3 is 12.0 Å². The van der Waals surface area contributed by atoms with Crippen LogP contribution < -0.4 is 11.1 Å². The molecule has 7 nitrogen and oxygen atoms in total. The van der Waals surface area contributed by atoms with E-state index in [0.717, 1.165) is 29.9 Å². The van der Waals surface area contributed by atoms with Crippen molar-refractivity contribution in [2.75, 3.05) is 13.2 Å². The summed E-state index contributed by atoms with van der Waals surface area (Å²) in [5.74, 6) is -0.657. The summed E-state index contributed by atoms with van der Waals surface area (Å²) in [6, 6.07) is 8.62. The van der Waals surface area contributed by atoms with Crippen molar-refractivity contribution in [3.05, 3.63) is 52.3 Å². The predicted octanol–water partition coefficient (Wildman–Crippen LogP) is 3.70. The van der Waals surface area contributed by atoms with Crippen molar-refractivity contribution < 1.29 is 19.1 Å². The van der Waals surface area contributed by atoms with Gasteiger partial charge in [-0.1, -0.05) is 24.1 Å². The quantitative estimate of drug-likeness (QED) is 0.348. The summed E-state index contributed by atoms with van der Waals surface area (Å²) in [7, 11) is 0. The number of unbranched alkanes of at least 4 members (excludes halogenated alkanes) is 2. The maximum Gasteiger partial charge on any atom is 0.312 e. The van der Waals surface area contributed by atoms with Gasteiger partial charge in [-0.25, -0.2) is 4.79 Å². The van der Waals surface area contributed by atoms with Crippen LogP contribution in [0.3, 0.4) is 0 Å². The van der Waals surface area contributed by atoms with Gasteiger partial charge in [0, 0.05) is 40.6 Å². The Morgan fingerprint density at radius 2 is 1.90 bits per heavy atom. The monoisotopic (exact) mass is 419 g/mol. The number of carbonyl (C=O) groups excluding carboxylic acids is 3. The minimum atomic E-state index is -0.558. The summed E-state index contributed by atoms with van der Waals surface area (Å²) < 4.78 is 7.07. The van der Waals surface area contributed by atoms with Crippen molar-refractivity contribution in [2.45, 2.75) is 39.5 Å². The van der Waals surface area contributed by atoms with Gasteiger partial charge in [0.05, 0.1) is 0 Å². The third-order valence-corrected chi connectivity index (χ3v) is 4.75. The maximum atomic E-state index is 12.5. The second-order valence-corrected chi connectivity index (χ2v) is 7.22. The van der Waals surface area contributed by atoms with E-state index in [4.69, 9.17) is 22.1 Å². The molecule has 0 saturated carbocycles. The van der Waals surface area contributed by atoms with E-state index in [-0.39, 0.29) is 18.8 Å². The smallest absolute Gasteiger partial charge is 0.312 e. The Bertz CT molecular complexity index is 892. The van der Waals surface area contributed by atoms with E-state index in [1.54, 1.807) is 12.1 Å². The Balaban J connectivity index is 1.86. The number of hydrogen-bond acceptors (Lipinski definition) is 4. The lowest BCUT2D eigenvalue weighted by molar-refractivity contribution is -0.142. The molecule has 0 bridgehead atoms. The number of rotatable bonds is 10. The average Bonchev–Trinajstić information content (AvgIpc) is 2.96. The Morgan fingerprint density at radius 3 is 2.59 bits per heavy atom. The van der Waals surface area contributed by atoms with Crippen LogP contribution in [0.25, 0.3) is 5.69 Å². The molecule has 2 amide bonds. The van der Waals surface area contributed by atoms with Gasteiger partial charge < -0.3 is 20.4 Å². The summed E-state index contributed by atoms with van der Waals surface area (Å²) in [6.07, 6.45) is 2.33. The maximum absolute atomic E-state index is 12.5. The summed E-state index contributed by atoms with van der Waals surface area (Å²) in [6.45, 7) is 3.94. The first-order valence-electron chi connectivity index (χ1n) is 9.46. The minimum Gasteiger partial charge on any atom is -0.457 e. The first-order chi connectivity index (χ1) is 13.8. The number of carbonyl (C=O) groups is 3. The van der Waals surface area contributed by atoms with Crippen LogP contribution in [0.5, 0.6) is 0 Å². The second kappa shape index (κ2) is 10.7. The fourth-order valence-corrected chi connectivity index (χ4v) is 3.32. The molecule has 1 heterocycles. The Kier molecular flexibility index (Phi) is 8.27. The molecule has 0 aliphatic carbocycles. The number of halogens is 1. The van der Waals surface area contributed by atoms with E-state index in [2.05, 4.69) is 5.32 Å². The number of Topliss-reactive ketones (excluding diaryl/α,β-unsaturated/α-hetero) is 1. The normalized spacial score (nSPS) is 10.6. The zero-order chi connectivity index (χ0) is 21.4. The number of benzene rings is 1. The van der Waals surface area contributed by atoms with Gasteiger partial charge in [-0.15, -0.1) is 0 Å². The SMILES string of the molecule is Cc1cc(C(=O)COC(=O)CCCCCNC(N)=O)c(C)n1-c1cccc(Cl)c1. The molecule has 0 aliphatic heterocycles. The number of nitrogens with zero attached hydrogens (tertiary/aromatic N) is 1. The molecule has 0 radical (unpaired) electrons. The van der Waals surface area contributed by atoms with Crippen LogP contribution >= 0.6 is 11.6 Å². The van der Waals surface area contributed by atoms with E-state index in [1.165, 1.54) is 0 Å². The van der Waals surface area contributed by atoms with Gasteiger partial charge in [0.2, 0.25) is 5.78 Å². The van der Waals surface area contributed by atoms with Crippen molar-refractivity contribution in [2.24, 2.45) is 5.73 Å². The number of urea groups is 1. The van der Waals surface area contributed by atoms with Crippen molar-refractivity contribution in [3.63, 3.8) is 0 Å². The molecule has 0 saturated heterocycles. The Labute approximate surface area is 175 Å². The summed E-state index contributed by atoms with van der Waals surface area (Å²) in [4.78, 5) is 34.9. The van der Waals surface area contributed by atoms with E-state index < -0.39 is 12.0 Å². The molecule has 0 aliphatic rings. The molecule has 0 unspecified atom stereocenters. The van der Waals surface area contributed by atoms with Crippen LogP contribution in [-0.2, 0) is 9.53 Å². The molecule has 156 valence electrons. The summed E-state index contributed by atoms with van der Waals surface area (Å²) in [5, 5.41) is 3.10. The number of nitrogens with one attached hydrogen (secondary N) is 1. The van der Waals surface area contributed by atoms with Crippen molar-refractivity contribution in [1.82, 2.24) is 9.88 Å². The highest BCUT2D eigenvalue weighted by atomic mass is 35.5. The molecule has 1 aromatic carbocycles. The number of aromatic nitrogens is 1. The number of ether oxygens (including phenoxy) is 1. The molecule has 0 spiro atoms. The van der Waals surface area contributed by atoms with Crippen LogP contribution in [-0.4, -0.2) is 35.5 Å². The molecule has 29 heavy (non-hydrogen) atoms. The number of amides is 2. The lowest BCUT2D eigenvalue weighted by atomic mass is 10.1. The van der Waals surface area contributed by atoms with Gasteiger partial charge in [0.15, 0.2) is 6.61 Å². The van der Waals surface area contributed by atoms with Gasteiger partial charge in [0.1, 0.15) is 0 Å². The third-order valence-electron chi connectivity index (χ3n) is 4.52. The van der Waals surface area contributed by atoms with Gasteiger partial charge in [0.25, 0.3) is 0 Å². The molecule has 3 N–H and O–H groups in total. The molecule has 8 heteroatoms. The second-order valence-electron chi connectivity index (χ2n) is 6.79. The molecular weight excluding hydrogens is 394 g/mol. The fourth-order valence-electron chi connectivity index (χ4n) is 3.14. The highest BCUT2D eigenvalue weighted by Gasteiger charge is 2.18. The van der Waals surface area contributed by atoms with E-state index in [1.807, 2.05) is 36.6 Å². The highest BCUT2D eigenvalue weighted by molar-refractivity contribution is 6.30. The Hall–Kier alpha value is -2.80. The fraction of sp³-hybridized carbons (Fsp3) is 0.381. The highest BCUT2D eigenvalue weighted by Crippen LogP contribution is 2.23. The van der Waals surface area contributed by atoms with Crippen molar-refractivity contribution in [3.8, 4) is 5.69 Å². The molecular formula is C21H26ClN3O4. The molecule has 0 atom stereocenters. The first-order valence-corrected chi connectivity index (χ1v) is 9.84. The van der Waals surface area contributed by atoms with Crippen LogP contribution in [0.1, 0.15) is 47.4 Å². The largest absolute Gasteiger partial charge is 0.457 e. The number of hydrogen-bond donors (Lipinski definition) is 2. The molecule has 0 fully saturated rings. The van der Waals surface area contributed by atoms with Crippen molar-refractivity contribution in [1.29, 1.82) is 0 Å². The summed E-state index contributed by atoms with van der Waals surface area (Å²) >= 11 is 6.08. The van der Waals surface area contributed by atoms with Gasteiger partial charge in [-0.05, 0) is 51.0 Å². The number of ketones is 1. The van der Waals surface area contributed by atoms with Crippen LogP contribution in [0, 0.1) is 13.8 Å². The van der Waals surface area contributed by atoms with Gasteiger partial charge in [-0.2, -0.15) is 0 Å². The number of nitrogens with two attached hydrogens (primary N) is 1. The van der Waals surface area contributed by atoms with E-state index >= 15 is 0 Å². The number of esters is 1. The summed E-state index contributed by atoms with van der Waals surface area (Å²) in [5.41, 5.74) is 8.02. The van der Waals surface area contributed by atoms with E-state index in [9.17, 15) is 14.4 Å². The standard InChI is InChI=1S/C21H26ClN3O4/c1-14-11-18(15(2)25(14)17-8-6-7-16(22)12-17)19(26)13-29-20(27)9-4-3-5-10-24-21(23)28/h6-8,11-12H,3-5,9-10,13H2,1-2H3,(H3,23,24,28). The van der Waals surface area contributed by atoms with Gasteiger partial charge in [-0.3, -0.25) is 9.59 Å². The first kappa shape index (κ1) is 22.5.